The molecule has 0 bridgehead atoms. The predicted molar refractivity (Wildman–Crippen MR) is 89.6 cm³/mol. The Morgan fingerprint density at radius 1 is 1.23 bits per heavy atom. The molecule has 0 saturated heterocycles. The first-order valence-corrected chi connectivity index (χ1v) is 10.4. The van der Waals surface area contributed by atoms with Gasteiger partial charge in [0.05, 0.1) is 6.61 Å². The molecule has 1 atom stereocenters. The number of rotatable bonds is 6. The summed E-state index contributed by atoms with van der Waals surface area (Å²) in [5, 5.41) is 1.12. The van der Waals surface area contributed by atoms with Crippen molar-refractivity contribution >= 4 is 13.7 Å². The van der Waals surface area contributed by atoms with E-state index in [9.17, 15) is 0 Å². The molecule has 0 N–H and O–H groups in total. The lowest BCUT2D eigenvalue weighted by molar-refractivity contribution is -0.219. The number of fused-ring (bicyclic) bond motifs is 1. The number of hydrogen-bond donors (Lipinski definition) is 0. The number of hydrogen-bond acceptors (Lipinski definition) is 4. The van der Waals surface area contributed by atoms with E-state index < -0.39 is 14.3 Å². The van der Waals surface area contributed by atoms with Crippen molar-refractivity contribution in [2.75, 3.05) is 13.2 Å². The van der Waals surface area contributed by atoms with Gasteiger partial charge >= 0.3 is 8.56 Å². The largest absolute Gasteiger partial charge is 0.462 e. The summed E-state index contributed by atoms with van der Waals surface area (Å²) in [5.41, 5.74) is 1.06. The summed E-state index contributed by atoms with van der Waals surface area (Å²) in [4.78, 5) is 0. The third-order valence-electron chi connectivity index (χ3n) is 4.30. The third-order valence-corrected chi connectivity index (χ3v) is 7.34. The zero-order valence-corrected chi connectivity index (χ0v) is 15.6. The van der Waals surface area contributed by atoms with Crippen LogP contribution in [-0.2, 0) is 20.2 Å². The van der Waals surface area contributed by atoms with Crippen LogP contribution in [0.25, 0.3) is 0 Å². The fourth-order valence-electron chi connectivity index (χ4n) is 2.59. The fraction of sp³-hybridized carbons (Fsp3) is 0.647. The minimum absolute atomic E-state index is 0.284. The topological polar surface area (TPSA) is 36.9 Å². The monoisotopic (exact) mass is 324 g/mol. The maximum atomic E-state index is 6.08. The zero-order chi connectivity index (χ0) is 16.4. The standard InChI is InChI=1S/C17H28O4Si/c1-7-19-22(6,20-8-2)15-9-10-16-14(11-15)12-18-17(5,21-16)13(3)4/h9-11,13H,7-8,12H2,1-6H3. The van der Waals surface area contributed by atoms with Crippen LogP contribution in [0.2, 0.25) is 6.55 Å². The lowest BCUT2D eigenvalue weighted by Gasteiger charge is -2.39. The molecule has 0 amide bonds. The molecule has 22 heavy (non-hydrogen) atoms. The first-order valence-electron chi connectivity index (χ1n) is 8.09. The van der Waals surface area contributed by atoms with E-state index in [0.717, 1.165) is 16.5 Å². The van der Waals surface area contributed by atoms with E-state index in [2.05, 4.69) is 32.5 Å². The first-order chi connectivity index (χ1) is 10.3. The molecule has 1 aliphatic rings. The predicted octanol–water partition coefficient (Wildman–Crippen LogP) is 3.32. The Labute approximate surface area is 135 Å². The quantitative estimate of drug-likeness (QED) is 0.752. The second-order valence-corrected chi connectivity index (χ2v) is 9.24. The maximum Gasteiger partial charge on any atom is 0.369 e. The van der Waals surface area contributed by atoms with Crippen LogP contribution < -0.4 is 9.92 Å². The van der Waals surface area contributed by atoms with Crippen molar-refractivity contribution in [1.82, 2.24) is 0 Å². The Kier molecular flexibility index (Phi) is 5.32. The van der Waals surface area contributed by atoms with Crippen molar-refractivity contribution in [2.24, 2.45) is 5.92 Å². The minimum atomic E-state index is -2.35. The molecule has 0 spiro atoms. The molecule has 0 fully saturated rings. The zero-order valence-electron chi connectivity index (χ0n) is 14.6. The average Bonchev–Trinajstić information content (AvgIpc) is 2.47. The second kappa shape index (κ2) is 6.70. The summed E-state index contributed by atoms with van der Waals surface area (Å²) in [6.07, 6.45) is 0. The minimum Gasteiger partial charge on any atom is -0.462 e. The number of ether oxygens (including phenoxy) is 2. The van der Waals surface area contributed by atoms with Gasteiger partial charge in [-0.05, 0) is 37.7 Å². The third kappa shape index (κ3) is 3.38. The van der Waals surface area contributed by atoms with Crippen LogP contribution >= 0.6 is 0 Å². The summed E-state index contributed by atoms with van der Waals surface area (Å²) < 4.78 is 24.0. The maximum absolute atomic E-state index is 6.08. The van der Waals surface area contributed by atoms with E-state index in [-0.39, 0.29) is 5.92 Å². The molecule has 1 aromatic rings. The Hall–Kier alpha value is -0.883. The van der Waals surface area contributed by atoms with Crippen LogP contribution in [0, 0.1) is 5.92 Å². The van der Waals surface area contributed by atoms with E-state index in [1.54, 1.807) is 0 Å². The molecular formula is C17H28O4Si. The van der Waals surface area contributed by atoms with Gasteiger partial charge in [-0.15, -0.1) is 0 Å². The molecule has 0 radical (unpaired) electrons. The van der Waals surface area contributed by atoms with Crippen molar-refractivity contribution < 1.29 is 18.3 Å². The summed E-state index contributed by atoms with van der Waals surface area (Å²) in [6, 6.07) is 6.21. The Morgan fingerprint density at radius 2 is 1.86 bits per heavy atom. The van der Waals surface area contributed by atoms with Gasteiger partial charge in [0.15, 0.2) is 0 Å². The second-order valence-electron chi connectivity index (χ2n) is 6.20. The molecule has 1 aliphatic heterocycles. The first kappa shape index (κ1) is 17.5. The van der Waals surface area contributed by atoms with Crippen LogP contribution in [0.4, 0.5) is 0 Å². The molecular weight excluding hydrogens is 296 g/mol. The van der Waals surface area contributed by atoms with Crippen molar-refractivity contribution in [3.05, 3.63) is 23.8 Å². The molecule has 5 heteroatoms. The van der Waals surface area contributed by atoms with Gasteiger partial charge in [0.1, 0.15) is 5.75 Å². The Balaban J connectivity index is 2.30. The summed E-state index contributed by atoms with van der Waals surface area (Å²) >= 11 is 0. The molecule has 4 nitrogen and oxygen atoms in total. The van der Waals surface area contributed by atoms with Crippen molar-refractivity contribution in [2.45, 2.75) is 53.6 Å². The molecule has 0 aromatic heterocycles. The van der Waals surface area contributed by atoms with Crippen LogP contribution in [0.5, 0.6) is 5.75 Å². The van der Waals surface area contributed by atoms with Gasteiger partial charge in [-0.3, -0.25) is 0 Å². The van der Waals surface area contributed by atoms with Gasteiger partial charge in [-0.2, -0.15) is 0 Å². The van der Waals surface area contributed by atoms with Crippen molar-refractivity contribution in [1.29, 1.82) is 0 Å². The fourth-order valence-corrected chi connectivity index (χ4v) is 4.93. The molecule has 1 heterocycles. The van der Waals surface area contributed by atoms with E-state index in [1.165, 1.54) is 0 Å². The van der Waals surface area contributed by atoms with Crippen LogP contribution in [0.1, 0.15) is 40.2 Å². The smallest absolute Gasteiger partial charge is 0.369 e. The average molecular weight is 324 g/mol. The molecule has 0 aliphatic carbocycles. The van der Waals surface area contributed by atoms with Crippen molar-refractivity contribution in [3.8, 4) is 5.75 Å². The molecule has 2 rings (SSSR count). The molecule has 124 valence electrons. The van der Waals surface area contributed by atoms with Gasteiger partial charge in [0.2, 0.25) is 5.79 Å². The van der Waals surface area contributed by atoms with Gasteiger partial charge in [-0.25, -0.2) is 0 Å². The highest BCUT2D eigenvalue weighted by Gasteiger charge is 2.38. The van der Waals surface area contributed by atoms with E-state index in [4.69, 9.17) is 18.3 Å². The van der Waals surface area contributed by atoms with E-state index in [1.807, 2.05) is 26.8 Å². The van der Waals surface area contributed by atoms with Crippen molar-refractivity contribution in [3.63, 3.8) is 0 Å². The Morgan fingerprint density at radius 3 is 2.41 bits per heavy atom. The normalized spacial score (nSPS) is 21.6. The highest BCUT2D eigenvalue weighted by atomic mass is 28.4. The highest BCUT2D eigenvalue weighted by Crippen LogP contribution is 2.35. The number of benzene rings is 1. The Bertz CT molecular complexity index is 511. The lowest BCUT2D eigenvalue weighted by atomic mass is 10.0. The molecule has 0 saturated carbocycles. The summed E-state index contributed by atoms with van der Waals surface area (Å²) in [7, 11) is -2.35. The summed E-state index contributed by atoms with van der Waals surface area (Å²) in [5.74, 6) is 0.622. The summed E-state index contributed by atoms with van der Waals surface area (Å²) in [6.45, 7) is 14.2. The van der Waals surface area contributed by atoms with Crippen LogP contribution in [-0.4, -0.2) is 27.6 Å². The van der Waals surface area contributed by atoms with Gasteiger partial charge in [0.25, 0.3) is 0 Å². The van der Waals surface area contributed by atoms with E-state index in [0.29, 0.717) is 19.8 Å². The van der Waals surface area contributed by atoms with Crippen LogP contribution in [0.15, 0.2) is 18.2 Å². The van der Waals surface area contributed by atoms with Gasteiger partial charge in [-0.1, -0.05) is 19.9 Å². The van der Waals surface area contributed by atoms with Gasteiger partial charge < -0.3 is 18.3 Å². The van der Waals surface area contributed by atoms with E-state index >= 15 is 0 Å². The SMILES string of the molecule is CCO[Si](C)(OCC)c1ccc2c(c1)COC(C)(C(C)C)O2. The van der Waals surface area contributed by atoms with Crippen LogP contribution in [0.3, 0.4) is 0 Å². The highest BCUT2D eigenvalue weighted by molar-refractivity contribution is 6.80. The molecule has 1 unspecified atom stereocenters. The van der Waals surface area contributed by atoms with Gasteiger partial charge in [0, 0.05) is 31.6 Å². The molecule has 1 aromatic carbocycles. The lowest BCUT2D eigenvalue weighted by Crippen LogP contribution is -2.51.